The lowest BCUT2D eigenvalue weighted by Gasteiger charge is -2.12. The van der Waals surface area contributed by atoms with Gasteiger partial charge in [-0.3, -0.25) is 9.36 Å². The van der Waals surface area contributed by atoms with Crippen LogP contribution < -0.4 is 4.74 Å². The Balaban J connectivity index is 2.98. The normalized spacial score (nSPS) is 11.8. The fourth-order valence-electron chi connectivity index (χ4n) is 1.52. The first-order chi connectivity index (χ1) is 9.50. The fourth-order valence-corrected chi connectivity index (χ4v) is 2.83. The first-order valence-electron chi connectivity index (χ1n) is 6.36. The van der Waals surface area contributed by atoms with Crippen molar-refractivity contribution in [1.82, 2.24) is 0 Å². The molecule has 0 aliphatic heterocycles. The van der Waals surface area contributed by atoms with Crippen molar-refractivity contribution >= 4 is 19.6 Å². The van der Waals surface area contributed by atoms with E-state index in [-0.39, 0.29) is 13.2 Å². The molecule has 0 bridgehead atoms. The van der Waals surface area contributed by atoms with Crippen LogP contribution in [0.1, 0.15) is 26.3 Å². The molecule has 0 aromatic heterocycles. The third-order valence-electron chi connectivity index (χ3n) is 2.23. The Morgan fingerprint density at radius 1 is 1.20 bits per heavy atom. The summed E-state index contributed by atoms with van der Waals surface area (Å²) in [7, 11) is -3.26. The number of para-hydroxylation sites is 1. The van der Waals surface area contributed by atoms with Crippen LogP contribution in [0.15, 0.2) is 30.1 Å². The summed E-state index contributed by atoms with van der Waals surface area (Å²) in [6.07, 6.45) is 1.57. The monoisotopic (exact) mass is 298 g/mol. The molecule has 1 rings (SSSR count). The number of hydrogen-bond donors (Lipinski definition) is 0. The van der Waals surface area contributed by atoms with Crippen LogP contribution in [0, 0.1) is 0 Å². The molecule has 0 fully saturated rings. The molecular formula is C14H19O5P. The Morgan fingerprint density at radius 3 is 2.35 bits per heavy atom. The highest BCUT2D eigenvalue weighted by Gasteiger charge is 2.19. The van der Waals surface area contributed by atoms with Gasteiger partial charge in [0.05, 0.1) is 13.2 Å². The summed E-state index contributed by atoms with van der Waals surface area (Å²) in [5.41, 5.74) is 0.627. The molecule has 20 heavy (non-hydrogen) atoms. The van der Waals surface area contributed by atoms with E-state index in [1.54, 1.807) is 44.2 Å². The molecule has 0 aliphatic rings. The molecule has 0 radical (unpaired) electrons. The SMILES string of the molecule is CCOP(=O)(C=Cc1ccccc1OC(C)=O)OCC. The highest BCUT2D eigenvalue weighted by molar-refractivity contribution is 7.57. The number of benzene rings is 1. The molecule has 0 heterocycles. The van der Waals surface area contributed by atoms with Crippen LogP contribution in [-0.2, 0) is 18.4 Å². The molecule has 6 heteroatoms. The van der Waals surface area contributed by atoms with Crippen LogP contribution in [0.5, 0.6) is 5.75 Å². The number of carbonyl (C=O) groups excluding carboxylic acids is 1. The Hall–Kier alpha value is -1.42. The molecule has 0 saturated carbocycles. The van der Waals surface area contributed by atoms with Gasteiger partial charge in [-0.05, 0) is 26.0 Å². The van der Waals surface area contributed by atoms with E-state index in [0.717, 1.165) is 0 Å². The molecule has 0 atom stereocenters. The second kappa shape index (κ2) is 8.00. The maximum Gasteiger partial charge on any atom is 0.354 e. The van der Waals surface area contributed by atoms with Gasteiger partial charge < -0.3 is 13.8 Å². The third kappa shape index (κ3) is 5.29. The van der Waals surface area contributed by atoms with Crippen LogP contribution >= 0.6 is 7.60 Å². The van der Waals surface area contributed by atoms with Gasteiger partial charge in [-0.15, -0.1) is 0 Å². The molecule has 1 aromatic carbocycles. The summed E-state index contributed by atoms with van der Waals surface area (Å²) in [5.74, 6) is 1.36. The molecule has 0 N–H and O–H groups in total. The summed E-state index contributed by atoms with van der Waals surface area (Å²) in [4.78, 5) is 11.0. The van der Waals surface area contributed by atoms with Crippen LogP contribution in [0.2, 0.25) is 0 Å². The first kappa shape index (κ1) is 16.6. The zero-order chi connectivity index (χ0) is 15.0. The summed E-state index contributed by atoms with van der Waals surface area (Å²) in [6, 6.07) is 6.95. The van der Waals surface area contributed by atoms with Gasteiger partial charge in [0.2, 0.25) is 0 Å². The van der Waals surface area contributed by atoms with E-state index in [2.05, 4.69) is 0 Å². The smallest absolute Gasteiger partial charge is 0.354 e. The summed E-state index contributed by atoms with van der Waals surface area (Å²) < 4.78 is 27.7. The lowest BCUT2D eigenvalue weighted by atomic mass is 10.2. The lowest BCUT2D eigenvalue weighted by molar-refractivity contribution is -0.131. The highest BCUT2D eigenvalue weighted by Crippen LogP contribution is 2.50. The maximum absolute atomic E-state index is 12.3. The highest BCUT2D eigenvalue weighted by atomic mass is 31.2. The summed E-state index contributed by atoms with van der Waals surface area (Å²) >= 11 is 0. The molecule has 110 valence electrons. The molecule has 1 aromatic rings. The van der Waals surface area contributed by atoms with Crippen LogP contribution in [0.25, 0.3) is 6.08 Å². The molecule has 0 amide bonds. The topological polar surface area (TPSA) is 61.8 Å². The van der Waals surface area contributed by atoms with E-state index in [1.807, 2.05) is 0 Å². The van der Waals surface area contributed by atoms with Crippen molar-refractivity contribution in [2.75, 3.05) is 13.2 Å². The minimum absolute atomic E-state index is 0.285. The van der Waals surface area contributed by atoms with E-state index in [1.165, 1.54) is 12.7 Å². The van der Waals surface area contributed by atoms with Crippen LogP contribution in [-0.4, -0.2) is 19.2 Å². The first-order valence-corrected chi connectivity index (χ1v) is 7.97. The zero-order valence-electron chi connectivity index (χ0n) is 11.9. The number of ether oxygens (including phenoxy) is 1. The van der Waals surface area contributed by atoms with Gasteiger partial charge in [-0.25, -0.2) is 0 Å². The minimum Gasteiger partial charge on any atom is -0.426 e. The van der Waals surface area contributed by atoms with Crippen LogP contribution in [0.3, 0.4) is 0 Å². The predicted molar refractivity (Wildman–Crippen MR) is 77.6 cm³/mol. The van der Waals surface area contributed by atoms with Crippen molar-refractivity contribution < 1.29 is 23.1 Å². The van der Waals surface area contributed by atoms with E-state index < -0.39 is 13.6 Å². The zero-order valence-corrected chi connectivity index (χ0v) is 12.8. The van der Waals surface area contributed by atoms with Crippen molar-refractivity contribution in [2.45, 2.75) is 20.8 Å². The molecule has 0 aliphatic carbocycles. The van der Waals surface area contributed by atoms with Gasteiger partial charge in [-0.2, -0.15) is 0 Å². The van der Waals surface area contributed by atoms with Crippen LogP contribution in [0.4, 0.5) is 0 Å². The van der Waals surface area contributed by atoms with E-state index in [9.17, 15) is 9.36 Å². The van der Waals surface area contributed by atoms with Crippen molar-refractivity contribution in [1.29, 1.82) is 0 Å². The number of rotatable bonds is 7. The summed E-state index contributed by atoms with van der Waals surface area (Å²) in [5, 5.41) is 0. The van der Waals surface area contributed by atoms with Gasteiger partial charge in [-0.1, -0.05) is 18.2 Å². The Kier molecular flexibility index (Phi) is 6.65. The Bertz CT molecular complexity index is 514. The van der Waals surface area contributed by atoms with Gasteiger partial charge in [0.15, 0.2) is 0 Å². The van der Waals surface area contributed by atoms with Gasteiger partial charge in [0, 0.05) is 18.3 Å². The molecule has 0 saturated heterocycles. The van der Waals surface area contributed by atoms with Crippen molar-refractivity contribution in [3.05, 3.63) is 35.6 Å². The van der Waals surface area contributed by atoms with E-state index >= 15 is 0 Å². The van der Waals surface area contributed by atoms with E-state index in [4.69, 9.17) is 13.8 Å². The number of carbonyl (C=O) groups is 1. The van der Waals surface area contributed by atoms with Crippen molar-refractivity contribution in [3.63, 3.8) is 0 Å². The number of esters is 1. The standard InChI is InChI=1S/C14H19O5P/c1-4-17-20(16,18-5-2)11-10-13-8-6-7-9-14(13)19-12(3)15/h6-11H,4-5H2,1-3H3. The Morgan fingerprint density at radius 2 is 1.80 bits per heavy atom. The van der Waals surface area contributed by atoms with Gasteiger partial charge in [0.1, 0.15) is 5.75 Å². The molecular weight excluding hydrogens is 279 g/mol. The third-order valence-corrected chi connectivity index (χ3v) is 3.98. The quantitative estimate of drug-likeness (QED) is 0.434. The second-order valence-electron chi connectivity index (χ2n) is 3.82. The average molecular weight is 298 g/mol. The van der Waals surface area contributed by atoms with Gasteiger partial charge >= 0.3 is 13.6 Å². The summed E-state index contributed by atoms with van der Waals surface area (Å²) in [6.45, 7) is 5.38. The van der Waals surface area contributed by atoms with Gasteiger partial charge in [0.25, 0.3) is 0 Å². The molecule has 5 nitrogen and oxygen atoms in total. The van der Waals surface area contributed by atoms with Crippen molar-refractivity contribution in [3.8, 4) is 5.75 Å². The average Bonchev–Trinajstić information content (AvgIpc) is 2.38. The predicted octanol–water partition coefficient (Wildman–Crippen LogP) is 3.85. The lowest BCUT2D eigenvalue weighted by Crippen LogP contribution is -2.02. The maximum atomic E-state index is 12.3. The largest absolute Gasteiger partial charge is 0.426 e. The second-order valence-corrected chi connectivity index (χ2v) is 5.72. The fraction of sp³-hybridized carbons (Fsp3) is 0.357. The van der Waals surface area contributed by atoms with Crippen molar-refractivity contribution in [2.24, 2.45) is 0 Å². The number of hydrogen-bond acceptors (Lipinski definition) is 5. The molecule has 0 unspecified atom stereocenters. The molecule has 0 spiro atoms. The minimum atomic E-state index is -3.26. The Labute approximate surface area is 119 Å². The van der Waals surface area contributed by atoms with E-state index in [0.29, 0.717) is 11.3 Å².